The molecule has 0 bridgehead atoms. The summed E-state index contributed by atoms with van der Waals surface area (Å²) in [6.07, 6.45) is 0.111. The van der Waals surface area contributed by atoms with Crippen molar-refractivity contribution in [3.8, 4) is 11.8 Å². The van der Waals surface area contributed by atoms with Crippen molar-refractivity contribution in [3.05, 3.63) is 101 Å². The van der Waals surface area contributed by atoms with Crippen LogP contribution in [0.1, 0.15) is 27.0 Å². The number of hydrogen-bond donors (Lipinski definition) is 2. The fourth-order valence-corrected chi connectivity index (χ4v) is 2.88. The molecule has 0 spiro atoms. The Morgan fingerprint density at radius 3 is 2.33 bits per heavy atom. The molecule has 3 rings (SSSR count). The first-order valence-corrected chi connectivity index (χ1v) is 9.34. The fraction of sp³-hybridized carbons (Fsp3) is 0.125. The Bertz CT molecular complexity index is 1060. The van der Waals surface area contributed by atoms with Crippen LogP contribution in [0.3, 0.4) is 0 Å². The van der Waals surface area contributed by atoms with Crippen molar-refractivity contribution in [1.29, 1.82) is 5.26 Å². The number of nitrogens with one attached hydrogen (secondary N) is 1. The maximum absolute atomic E-state index is 12.4. The summed E-state index contributed by atoms with van der Waals surface area (Å²) in [5.41, 5.74) is 2.47. The molecule has 30 heavy (non-hydrogen) atoms. The van der Waals surface area contributed by atoms with Gasteiger partial charge in [-0.05, 0) is 47.5 Å². The summed E-state index contributed by atoms with van der Waals surface area (Å²) in [5.74, 6) is -1.02. The van der Waals surface area contributed by atoms with Gasteiger partial charge in [0.25, 0.3) is 5.91 Å². The Hall–Kier alpha value is -4.11. The number of nitrogens with zero attached hydrogens (tertiary/aromatic N) is 1. The zero-order chi connectivity index (χ0) is 21.3. The molecule has 2 N–H and O–H groups in total. The molecule has 0 fully saturated rings. The fourth-order valence-electron chi connectivity index (χ4n) is 2.88. The number of carbonyl (C=O) groups excluding carboxylic acids is 1. The van der Waals surface area contributed by atoms with E-state index in [1.54, 1.807) is 24.3 Å². The molecule has 0 aliphatic rings. The van der Waals surface area contributed by atoms with Gasteiger partial charge in [-0.25, -0.2) is 4.79 Å². The number of rotatable bonds is 8. The number of benzene rings is 3. The van der Waals surface area contributed by atoms with Crippen LogP contribution in [0.25, 0.3) is 0 Å². The molecule has 150 valence electrons. The van der Waals surface area contributed by atoms with Gasteiger partial charge in [0.1, 0.15) is 18.4 Å². The van der Waals surface area contributed by atoms with Crippen LogP contribution >= 0.6 is 0 Å². The molecular formula is C24H20N2O4. The molecule has 1 atom stereocenters. The molecule has 0 heterocycles. The van der Waals surface area contributed by atoms with Crippen LogP contribution < -0.4 is 10.1 Å². The second-order valence-corrected chi connectivity index (χ2v) is 6.68. The molecule has 0 aromatic heterocycles. The third-order valence-corrected chi connectivity index (χ3v) is 4.47. The maximum Gasteiger partial charge on any atom is 0.326 e. The summed E-state index contributed by atoms with van der Waals surface area (Å²) >= 11 is 0. The summed E-state index contributed by atoms with van der Waals surface area (Å²) in [5, 5.41) is 20.9. The standard InChI is InChI=1S/C24H20N2O4/c25-15-17-9-11-20(12-10-17)23(27)26-22(24(28)29)14-19-7-4-8-21(13-19)30-16-18-5-2-1-3-6-18/h1-13,22H,14,16H2,(H,26,27)(H,28,29)/t22-/m0/s1. The molecule has 0 aliphatic heterocycles. The molecule has 0 unspecified atom stereocenters. The molecule has 0 radical (unpaired) electrons. The summed E-state index contributed by atoms with van der Waals surface area (Å²) in [6.45, 7) is 0.405. The number of hydrogen-bond acceptors (Lipinski definition) is 4. The van der Waals surface area contributed by atoms with E-state index in [0.29, 0.717) is 23.5 Å². The van der Waals surface area contributed by atoms with Crippen molar-refractivity contribution >= 4 is 11.9 Å². The van der Waals surface area contributed by atoms with Crippen LogP contribution in [0.5, 0.6) is 5.75 Å². The lowest BCUT2D eigenvalue weighted by Gasteiger charge is -2.15. The highest BCUT2D eigenvalue weighted by Crippen LogP contribution is 2.17. The number of carboxylic acids is 1. The van der Waals surface area contributed by atoms with Crippen molar-refractivity contribution in [2.24, 2.45) is 0 Å². The minimum atomic E-state index is -1.13. The molecule has 0 saturated carbocycles. The topological polar surface area (TPSA) is 99.4 Å². The van der Waals surface area contributed by atoms with Gasteiger partial charge in [0, 0.05) is 12.0 Å². The van der Waals surface area contributed by atoms with E-state index in [0.717, 1.165) is 11.1 Å². The minimum Gasteiger partial charge on any atom is -0.489 e. The lowest BCUT2D eigenvalue weighted by molar-refractivity contribution is -0.139. The van der Waals surface area contributed by atoms with Crippen LogP contribution in [0.15, 0.2) is 78.9 Å². The number of ether oxygens (including phenoxy) is 1. The second-order valence-electron chi connectivity index (χ2n) is 6.68. The lowest BCUT2D eigenvalue weighted by Crippen LogP contribution is -2.42. The van der Waals surface area contributed by atoms with Gasteiger partial charge in [-0.3, -0.25) is 4.79 Å². The Morgan fingerprint density at radius 2 is 1.67 bits per heavy atom. The summed E-state index contributed by atoms with van der Waals surface area (Å²) in [7, 11) is 0. The van der Waals surface area contributed by atoms with Gasteiger partial charge < -0.3 is 15.2 Å². The summed E-state index contributed by atoms with van der Waals surface area (Å²) in [4.78, 5) is 24.1. The number of carbonyl (C=O) groups is 2. The first-order valence-electron chi connectivity index (χ1n) is 9.34. The first-order chi connectivity index (χ1) is 14.5. The van der Waals surface area contributed by atoms with Crippen LogP contribution in [-0.2, 0) is 17.8 Å². The van der Waals surface area contributed by atoms with Gasteiger partial charge in [-0.2, -0.15) is 5.26 Å². The van der Waals surface area contributed by atoms with Crippen LogP contribution in [0.2, 0.25) is 0 Å². The van der Waals surface area contributed by atoms with E-state index in [4.69, 9.17) is 10.00 Å². The zero-order valence-corrected chi connectivity index (χ0v) is 16.1. The average molecular weight is 400 g/mol. The zero-order valence-electron chi connectivity index (χ0n) is 16.1. The molecule has 3 aromatic carbocycles. The van der Waals surface area contributed by atoms with E-state index in [9.17, 15) is 14.7 Å². The lowest BCUT2D eigenvalue weighted by atomic mass is 10.0. The predicted octanol–water partition coefficient (Wildman–Crippen LogP) is 3.56. The Balaban J connectivity index is 1.65. The highest BCUT2D eigenvalue weighted by molar-refractivity contribution is 5.96. The Morgan fingerprint density at radius 1 is 0.967 bits per heavy atom. The maximum atomic E-state index is 12.4. The van der Waals surface area contributed by atoms with Crippen LogP contribution in [-0.4, -0.2) is 23.0 Å². The molecule has 0 aliphatic carbocycles. The van der Waals surface area contributed by atoms with E-state index in [-0.39, 0.29) is 6.42 Å². The predicted molar refractivity (Wildman–Crippen MR) is 111 cm³/mol. The Kier molecular flexibility index (Phi) is 6.80. The van der Waals surface area contributed by atoms with Crippen LogP contribution in [0.4, 0.5) is 0 Å². The molecule has 1 amide bonds. The third-order valence-electron chi connectivity index (χ3n) is 4.47. The van der Waals surface area contributed by atoms with Gasteiger partial charge in [0.15, 0.2) is 0 Å². The van der Waals surface area contributed by atoms with E-state index in [1.807, 2.05) is 36.4 Å². The van der Waals surface area contributed by atoms with Gasteiger partial charge in [-0.15, -0.1) is 0 Å². The highest BCUT2D eigenvalue weighted by atomic mass is 16.5. The second kappa shape index (κ2) is 9.89. The smallest absolute Gasteiger partial charge is 0.326 e. The molecule has 0 saturated heterocycles. The van der Waals surface area contributed by atoms with Gasteiger partial charge in [0.05, 0.1) is 11.6 Å². The first kappa shape index (κ1) is 20.6. The SMILES string of the molecule is N#Cc1ccc(C(=O)N[C@@H](Cc2cccc(OCc3ccccc3)c2)C(=O)O)cc1. The van der Waals surface area contributed by atoms with Crippen molar-refractivity contribution in [2.75, 3.05) is 0 Å². The van der Waals surface area contributed by atoms with E-state index < -0.39 is 17.9 Å². The van der Waals surface area contributed by atoms with Crippen molar-refractivity contribution in [2.45, 2.75) is 19.1 Å². The largest absolute Gasteiger partial charge is 0.489 e. The van der Waals surface area contributed by atoms with Gasteiger partial charge >= 0.3 is 5.97 Å². The van der Waals surface area contributed by atoms with E-state index in [1.165, 1.54) is 24.3 Å². The number of amides is 1. The number of aliphatic carboxylic acids is 1. The van der Waals surface area contributed by atoms with Crippen molar-refractivity contribution in [3.63, 3.8) is 0 Å². The van der Waals surface area contributed by atoms with Gasteiger partial charge in [0.2, 0.25) is 0 Å². The summed E-state index contributed by atoms with van der Waals surface area (Å²) < 4.78 is 5.79. The quantitative estimate of drug-likeness (QED) is 0.602. The highest BCUT2D eigenvalue weighted by Gasteiger charge is 2.21. The van der Waals surface area contributed by atoms with E-state index >= 15 is 0 Å². The molecule has 6 nitrogen and oxygen atoms in total. The average Bonchev–Trinajstić information content (AvgIpc) is 2.78. The van der Waals surface area contributed by atoms with Crippen LogP contribution in [0, 0.1) is 11.3 Å². The molecular weight excluding hydrogens is 380 g/mol. The van der Waals surface area contributed by atoms with E-state index in [2.05, 4.69) is 5.32 Å². The number of carboxylic acid groups (broad SMARTS) is 1. The monoisotopic (exact) mass is 400 g/mol. The third kappa shape index (κ3) is 5.69. The van der Waals surface area contributed by atoms with Crippen molar-refractivity contribution in [1.82, 2.24) is 5.32 Å². The summed E-state index contributed by atoms with van der Waals surface area (Å²) in [6, 6.07) is 23.8. The van der Waals surface area contributed by atoms with Gasteiger partial charge in [-0.1, -0.05) is 42.5 Å². The minimum absolute atomic E-state index is 0.111. The molecule has 3 aromatic rings. The Labute approximate surface area is 174 Å². The van der Waals surface area contributed by atoms with Crippen molar-refractivity contribution < 1.29 is 19.4 Å². The number of nitriles is 1. The normalized spacial score (nSPS) is 11.2. The molecule has 6 heteroatoms.